The zero-order valence-electron chi connectivity index (χ0n) is 19.4. The minimum atomic E-state index is -0.215. The predicted octanol–water partition coefficient (Wildman–Crippen LogP) is 5.80. The zero-order chi connectivity index (χ0) is 24.1. The highest BCUT2D eigenvalue weighted by Crippen LogP contribution is 2.36. The van der Waals surface area contributed by atoms with Crippen molar-refractivity contribution < 1.29 is 19.0 Å². The summed E-state index contributed by atoms with van der Waals surface area (Å²) < 4.78 is 16.4. The number of rotatable bonds is 9. The van der Waals surface area contributed by atoms with Crippen LogP contribution in [0.1, 0.15) is 34.3 Å². The highest BCUT2D eigenvalue weighted by atomic mass is 35.5. The van der Waals surface area contributed by atoms with E-state index >= 15 is 0 Å². The van der Waals surface area contributed by atoms with E-state index in [4.69, 9.17) is 25.8 Å². The number of carbonyl (C=O) groups is 1. The first-order valence-electron chi connectivity index (χ1n) is 11.0. The Morgan fingerprint density at radius 3 is 2.50 bits per heavy atom. The lowest BCUT2D eigenvalue weighted by Crippen LogP contribution is -2.29. The maximum Gasteiger partial charge on any atom is 0.251 e. The van der Waals surface area contributed by atoms with Gasteiger partial charge in [0.15, 0.2) is 11.5 Å². The number of methoxy groups -OCH3 is 2. The molecule has 0 saturated heterocycles. The number of nitrogens with one attached hydrogen (secondary N) is 2. The summed E-state index contributed by atoms with van der Waals surface area (Å²) in [6.45, 7) is 2.85. The van der Waals surface area contributed by atoms with Crippen LogP contribution in [0.15, 0.2) is 66.9 Å². The van der Waals surface area contributed by atoms with Crippen LogP contribution in [0.2, 0.25) is 5.02 Å². The normalized spacial score (nSPS) is 11.8. The molecule has 176 valence electrons. The summed E-state index contributed by atoms with van der Waals surface area (Å²) in [7, 11) is 3.16. The molecule has 2 N–H and O–H groups in total. The van der Waals surface area contributed by atoms with E-state index < -0.39 is 0 Å². The van der Waals surface area contributed by atoms with Gasteiger partial charge < -0.3 is 24.5 Å². The SMILES string of the molecule is CCOc1ccc([C@@H](CNC(=O)c2ccc(OC)c(Cl)c2)c2c[nH]c3ccccc23)cc1OC. The van der Waals surface area contributed by atoms with Crippen LogP contribution in [0.4, 0.5) is 0 Å². The number of carbonyl (C=O) groups excluding carboxylic acids is 1. The van der Waals surface area contributed by atoms with Crippen molar-refractivity contribution in [3.8, 4) is 17.2 Å². The molecule has 1 aromatic heterocycles. The minimum Gasteiger partial charge on any atom is -0.495 e. The van der Waals surface area contributed by atoms with Crippen LogP contribution in [0.3, 0.4) is 0 Å². The maximum absolute atomic E-state index is 13.0. The third kappa shape index (κ3) is 4.82. The molecular weight excluding hydrogens is 452 g/mol. The Labute approximate surface area is 203 Å². The molecule has 4 rings (SSSR count). The van der Waals surface area contributed by atoms with Gasteiger partial charge in [-0.3, -0.25) is 4.79 Å². The molecule has 0 aliphatic rings. The van der Waals surface area contributed by atoms with Crippen molar-refractivity contribution in [2.75, 3.05) is 27.4 Å². The monoisotopic (exact) mass is 478 g/mol. The van der Waals surface area contributed by atoms with Gasteiger partial charge in [-0.1, -0.05) is 35.9 Å². The lowest BCUT2D eigenvalue weighted by atomic mass is 9.90. The number of H-pyrrole nitrogens is 1. The van der Waals surface area contributed by atoms with Gasteiger partial charge in [-0.25, -0.2) is 0 Å². The van der Waals surface area contributed by atoms with Gasteiger partial charge in [0.1, 0.15) is 5.75 Å². The van der Waals surface area contributed by atoms with E-state index in [9.17, 15) is 4.79 Å². The van der Waals surface area contributed by atoms with E-state index in [-0.39, 0.29) is 11.8 Å². The van der Waals surface area contributed by atoms with Crippen LogP contribution in [0.25, 0.3) is 10.9 Å². The van der Waals surface area contributed by atoms with Crippen LogP contribution in [-0.2, 0) is 0 Å². The third-order valence-electron chi connectivity index (χ3n) is 5.77. The summed E-state index contributed by atoms with van der Waals surface area (Å²) in [6, 6.07) is 19.0. The number of fused-ring (bicyclic) bond motifs is 1. The van der Waals surface area contributed by atoms with Gasteiger partial charge in [-0.05, 0) is 54.4 Å². The van der Waals surface area contributed by atoms with Gasteiger partial charge in [0.05, 0.1) is 25.8 Å². The molecule has 1 heterocycles. The molecule has 7 heteroatoms. The molecular formula is C27H27ClN2O4. The molecule has 0 bridgehead atoms. The fraction of sp³-hybridized carbons (Fsp3) is 0.222. The van der Waals surface area contributed by atoms with Crippen molar-refractivity contribution in [3.05, 3.63) is 88.6 Å². The number of aromatic nitrogens is 1. The first kappa shape index (κ1) is 23.5. The molecule has 0 fully saturated rings. The molecule has 0 radical (unpaired) electrons. The van der Waals surface area contributed by atoms with Crippen molar-refractivity contribution in [1.82, 2.24) is 10.3 Å². The summed E-state index contributed by atoms with van der Waals surface area (Å²) >= 11 is 6.22. The lowest BCUT2D eigenvalue weighted by Gasteiger charge is -2.20. The van der Waals surface area contributed by atoms with Crippen LogP contribution < -0.4 is 19.5 Å². The standard InChI is InChI=1S/C27H27ClN2O4/c1-4-34-25-12-9-17(14-26(25)33-3)20(21-16-29-23-8-6-5-7-19(21)23)15-30-27(31)18-10-11-24(32-2)22(28)13-18/h5-14,16,20,29H,4,15H2,1-3H3,(H,30,31)/t20-/m1/s1. The fourth-order valence-corrected chi connectivity index (χ4v) is 4.33. The molecule has 0 aliphatic heterocycles. The van der Waals surface area contributed by atoms with Crippen LogP contribution in [-0.4, -0.2) is 38.3 Å². The third-order valence-corrected chi connectivity index (χ3v) is 6.06. The second-order valence-electron chi connectivity index (χ2n) is 7.74. The summed E-state index contributed by atoms with van der Waals surface area (Å²) in [5, 5.41) is 4.56. The van der Waals surface area contributed by atoms with E-state index in [1.54, 1.807) is 25.3 Å². The average molecular weight is 479 g/mol. The first-order chi connectivity index (χ1) is 16.5. The van der Waals surface area contributed by atoms with Gasteiger partial charge >= 0.3 is 0 Å². The molecule has 0 spiro atoms. The number of benzene rings is 3. The van der Waals surface area contributed by atoms with Gasteiger partial charge in [-0.2, -0.15) is 0 Å². The molecule has 4 aromatic rings. The largest absolute Gasteiger partial charge is 0.495 e. The fourth-order valence-electron chi connectivity index (χ4n) is 4.07. The number of hydrogen-bond acceptors (Lipinski definition) is 4. The minimum absolute atomic E-state index is 0.126. The molecule has 1 atom stereocenters. The lowest BCUT2D eigenvalue weighted by molar-refractivity contribution is 0.0952. The Morgan fingerprint density at radius 2 is 1.76 bits per heavy atom. The van der Waals surface area contributed by atoms with Crippen LogP contribution >= 0.6 is 11.6 Å². The zero-order valence-corrected chi connectivity index (χ0v) is 20.1. The van der Waals surface area contributed by atoms with E-state index in [1.165, 1.54) is 7.11 Å². The molecule has 6 nitrogen and oxygen atoms in total. The Hall–Kier alpha value is -3.64. The molecule has 3 aromatic carbocycles. The number of halogens is 1. The van der Waals surface area contributed by atoms with Gasteiger partial charge in [0.2, 0.25) is 0 Å². The predicted molar refractivity (Wildman–Crippen MR) is 135 cm³/mol. The van der Waals surface area contributed by atoms with Crippen LogP contribution in [0, 0.1) is 0 Å². The molecule has 0 saturated carbocycles. The Morgan fingerprint density at radius 1 is 1.00 bits per heavy atom. The summed E-state index contributed by atoms with van der Waals surface area (Å²) in [5.41, 5.74) is 3.58. The highest BCUT2D eigenvalue weighted by Gasteiger charge is 2.21. The second-order valence-corrected chi connectivity index (χ2v) is 8.15. The Balaban J connectivity index is 1.67. The van der Waals surface area contributed by atoms with Crippen LogP contribution in [0.5, 0.6) is 17.2 Å². The molecule has 34 heavy (non-hydrogen) atoms. The molecule has 0 unspecified atom stereocenters. The van der Waals surface area contributed by atoms with Crippen molar-refractivity contribution in [3.63, 3.8) is 0 Å². The van der Waals surface area contributed by atoms with Crippen molar-refractivity contribution in [2.45, 2.75) is 12.8 Å². The van der Waals surface area contributed by atoms with E-state index in [1.807, 2.05) is 49.5 Å². The second kappa shape index (κ2) is 10.5. The molecule has 0 aliphatic carbocycles. The summed E-state index contributed by atoms with van der Waals surface area (Å²) in [5.74, 6) is 1.52. The quantitative estimate of drug-likeness (QED) is 0.319. The number of hydrogen-bond donors (Lipinski definition) is 2. The van der Waals surface area contributed by atoms with Crippen molar-refractivity contribution >= 4 is 28.4 Å². The number of para-hydroxylation sites is 1. The Kier molecular flexibility index (Phi) is 7.28. The first-order valence-corrected chi connectivity index (χ1v) is 11.4. The summed E-state index contributed by atoms with van der Waals surface area (Å²) in [6.07, 6.45) is 1.99. The van der Waals surface area contributed by atoms with Gasteiger partial charge in [-0.15, -0.1) is 0 Å². The van der Waals surface area contributed by atoms with Crippen molar-refractivity contribution in [2.24, 2.45) is 0 Å². The molecule has 1 amide bonds. The highest BCUT2D eigenvalue weighted by molar-refractivity contribution is 6.32. The number of aromatic amines is 1. The number of ether oxygens (including phenoxy) is 3. The maximum atomic E-state index is 13.0. The smallest absolute Gasteiger partial charge is 0.251 e. The summed E-state index contributed by atoms with van der Waals surface area (Å²) in [4.78, 5) is 16.3. The van der Waals surface area contributed by atoms with Gasteiger partial charge in [0, 0.05) is 35.1 Å². The average Bonchev–Trinajstić information content (AvgIpc) is 3.28. The van der Waals surface area contributed by atoms with Crippen molar-refractivity contribution in [1.29, 1.82) is 0 Å². The van der Waals surface area contributed by atoms with E-state index in [2.05, 4.69) is 16.4 Å². The van der Waals surface area contributed by atoms with Gasteiger partial charge in [0.25, 0.3) is 5.91 Å². The van der Waals surface area contributed by atoms with E-state index in [0.717, 1.165) is 22.0 Å². The number of amides is 1. The Bertz CT molecular complexity index is 1300. The topological polar surface area (TPSA) is 72.6 Å². The van der Waals surface area contributed by atoms with E-state index in [0.29, 0.717) is 41.0 Å².